The Hall–Kier alpha value is -0.830. The minimum Gasteiger partial charge on any atom is -0.327 e. The molecule has 16 heavy (non-hydrogen) atoms. The zero-order chi connectivity index (χ0) is 12.5. The van der Waals surface area contributed by atoms with E-state index in [1.54, 1.807) is 0 Å². The molecule has 0 spiro atoms. The van der Waals surface area contributed by atoms with Gasteiger partial charge in [0.25, 0.3) is 0 Å². The summed E-state index contributed by atoms with van der Waals surface area (Å²) >= 11 is 0. The number of hydrogen-bond donors (Lipinski definition) is 1. The summed E-state index contributed by atoms with van der Waals surface area (Å²) in [6.07, 6.45) is 3.01. The molecule has 1 aromatic heterocycles. The Morgan fingerprint density at radius 2 is 1.94 bits per heavy atom. The van der Waals surface area contributed by atoms with Crippen molar-refractivity contribution in [1.29, 1.82) is 0 Å². The Bertz CT molecular complexity index is 345. The molecule has 0 aliphatic rings. The molecule has 3 nitrogen and oxygen atoms in total. The molecule has 0 bridgehead atoms. The van der Waals surface area contributed by atoms with Crippen LogP contribution < -0.4 is 5.73 Å². The first-order valence-electron chi connectivity index (χ1n) is 6.00. The van der Waals surface area contributed by atoms with Crippen LogP contribution in [0.3, 0.4) is 0 Å². The van der Waals surface area contributed by atoms with E-state index in [4.69, 9.17) is 5.73 Å². The van der Waals surface area contributed by atoms with E-state index in [1.165, 1.54) is 11.3 Å². The van der Waals surface area contributed by atoms with Gasteiger partial charge in [-0.25, -0.2) is 0 Å². The highest BCUT2D eigenvalue weighted by Crippen LogP contribution is 2.25. The number of aryl methyl sites for hydroxylation is 1. The maximum Gasteiger partial charge on any atom is 0.0710 e. The monoisotopic (exact) mass is 223 g/mol. The summed E-state index contributed by atoms with van der Waals surface area (Å²) in [5.41, 5.74) is 8.68. The summed E-state index contributed by atoms with van der Waals surface area (Å²) in [6, 6.07) is 0.213. The van der Waals surface area contributed by atoms with Crippen LogP contribution in [-0.4, -0.2) is 15.8 Å². The minimum atomic E-state index is 0.0906. The summed E-state index contributed by atoms with van der Waals surface area (Å²) in [7, 11) is 1.97. The highest BCUT2D eigenvalue weighted by Gasteiger charge is 2.23. The lowest BCUT2D eigenvalue weighted by Crippen LogP contribution is -2.29. The third-order valence-corrected chi connectivity index (χ3v) is 2.93. The van der Waals surface area contributed by atoms with E-state index in [9.17, 15) is 0 Å². The molecule has 1 atom stereocenters. The van der Waals surface area contributed by atoms with Gasteiger partial charge in [-0.15, -0.1) is 0 Å². The Labute approximate surface area is 99.0 Å². The number of rotatable bonds is 3. The molecule has 1 aromatic rings. The fourth-order valence-corrected chi connectivity index (χ4v) is 1.81. The van der Waals surface area contributed by atoms with Crippen molar-refractivity contribution in [2.75, 3.05) is 0 Å². The highest BCUT2D eigenvalue weighted by atomic mass is 15.3. The molecule has 1 rings (SSSR count). The van der Waals surface area contributed by atoms with E-state index in [0.29, 0.717) is 5.92 Å². The lowest BCUT2D eigenvalue weighted by atomic mass is 9.86. The van der Waals surface area contributed by atoms with Crippen molar-refractivity contribution in [2.45, 2.75) is 52.5 Å². The van der Waals surface area contributed by atoms with Gasteiger partial charge in [0.2, 0.25) is 0 Å². The molecule has 0 aliphatic carbocycles. The Balaban J connectivity index is 2.96. The van der Waals surface area contributed by atoms with Crippen molar-refractivity contribution in [2.24, 2.45) is 18.7 Å². The average Bonchev–Trinajstić information content (AvgIpc) is 2.45. The lowest BCUT2D eigenvalue weighted by Gasteiger charge is -2.20. The van der Waals surface area contributed by atoms with Gasteiger partial charge in [0.15, 0.2) is 0 Å². The fraction of sp³-hybridized carbons (Fsp3) is 0.769. The van der Waals surface area contributed by atoms with Gasteiger partial charge in [0, 0.05) is 24.7 Å². The quantitative estimate of drug-likeness (QED) is 0.854. The standard InChI is InChI=1S/C13H25N3/c1-9(2)11(14)7-10-8-16(6)15-12(10)13(3,4)5/h8-9,11H,7,14H2,1-6H3. The van der Waals surface area contributed by atoms with Crippen LogP contribution in [0.5, 0.6) is 0 Å². The lowest BCUT2D eigenvalue weighted by molar-refractivity contribution is 0.482. The maximum absolute atomic E-state index is 6.13. The van der Waals surface area contributed by atoms with Crippen molar-refractivity contribution in [1.82, 2.24) is 9.78 Å². The Kier molecular flexibility index (Phi) is 3.79. The van der Waals surface area contributed by atoms with Gasteiger partial charge in [-0.3, -0.25) is 4.68 Å². The zero-order valence-electron chi connectivity index (χ0n) is 11.4. The van der Waals surface area contributed by atoms with E-state index in [1.807, 2.05) is 11.7 Å². The first kappa shape index (κ1) is 13.2. The number of hydrogen-bond acceptors (Lipinski definition) is 2. The van der Waals surface area contributed by atoms with Gasteiger partial charge in [-0.1, -0.05) is 34.6 Å². The summed E-state index contributed by atoms with van der Waals surface area (Å²) in [5.74, 6) is 0.507. The van der Waals surface area contributed by atoms with Crippen LogP contribution >= 0.6 is 0 Å². The second kappa shape index (κ2) is 4.58. The van der Waals surface area contributed by atoms with Crippen LogP contribution in [0.15, 0.2) is 6.20 Å². The van der Waals surface area contributed by atoms with Crippen molar-refractivity contribution in [3.63, 3.8) is 0 Å². The van der Waals surface area contributed by atoms with Crippen molar-refractivity contribution < 1.29 is 0 Å². The third kappa shape index (κ3) is 3.08. The van der Waals surface area contributed by atoms with Gasteiger partial charge >= 0.3 is 0 Å². The third-order valence-electron chi connectivity index (χ3n) is 2.93. The van der Waals surface area contributed by atoms with Crippen LogP contribution in [0.4, 0.5) is 0 Å². The smallest absolute Gasteiger partial charge is 0.0710 e. The first-order chi connectivity index (χ1) is 7.21. The van der Waals surface area contributed by atoms with Crippen molar-refractivity contribution >= 4 is 0 Å². The van der Waals surface area contributed by atoms with Gasteiger partial charge in [0.05, 0.1) is 5.69 Å². The van der Waals surface area contributed by atoms with Crippen LogP contribution in [0.25, 0.3) is 0 Å². The number of nitrogens with zero attached hydrogens (tertiary/aromatic N) is 2. The summed E-state index contributed by atoms with van der Waals surface area (Å²) in [5, 5.41) is 4.56. The molecule has 0 radical (unpaired) electrons. The number of aromatic nitrogens is 2. The van der Waals surface area contributed by atoms with Gasteiger partial charge in [-0.05, 0) is 17.9 Å². The summed E-state index contributed by atoms with van der Waals surface area (Å²) < 4.78 is 1.89. The van der Waals surface area contributed by atoms with E-state index in [0.717, 1.165) is 6.42 Å². The minimum absolute atomic E-state index is 0.0906. The Morgan fingerprint density at radius 1 is 1.38 bits per heavy atom. The predicted octanol–water partition coefficient (Wildman–Crippen LogP) is 2.24. The van der Waals surface area contributed by atoms with Gasteiger partial charge in [0.1, 0.15) is 0 Å². The molecule has 2 N–H and O–H groups in total. The molecule has 0 aliphatic heterocycles. The normalized spacial score (nSPS) is 14.5. The van der Waals surface area contributed by atoms with Crippen LogP contribution in [-0.2, 0) is 18.9 Å². The van der Waals surface area contributed by atoms with E-state index in [2.05, 4.69) is 45.9 Å². The first-order valence-corrected chi connectivity index (χ1v) is 6.00. The average molecular weight is 223 g/mol. The van der Waals surface area contributed by atoms with Crippen LogP contribution in [0.1, 0.15) is 45.9 Å². The maximum atomic E-state index is 6.13. The molecule has 3 heteroatoms. The fourth-order valence-electron chi connectivity index (χ4n) is 1.81. The van der Waals surface area contributed by atoms with E-state index < -0.39 is 0 Å². The Morgan fingerprint density at radius 3 is 2.38 bits per heavy atom. The molecule has 0 fully saturated rings. The second-order valence-corrected chi connectivity index (χ2v) is 6.04. The largest absolute Gasteiger partial charge is 0.327 e. The second-order valence-electron chi connectivity index (χ2n) is 6.04. The molecular formula is C13H25N3. The molecule has 0 saturated carbocycles. The van der Waals surface area contributed by atoms with E-state index in [-0.39, 0.29) is 11.5 Å². The van der Waals surface area contributed by atoms with Gasteiger partial charge < -0.3 is 5.73 Å². The molecule has 0 aromatic carbocycles. The molecule has 92 valence electrons. The van der Waals surface area contributed by atoms with Crippen LogP contribution in [0.2, 0.25) is 0 Å². The molecule has 0 saturated heterocycles. The van der Waals surface area contributed by atoms with Crippen LogP contribution in [0, 0.1) is 5.92 Å². The molecule has 0 amide bonds. The van der Waals surface area contributed by atoms with Crippen molar-refractivity contribution in [3.8, 4) is 0 Å². The van der Waals surface area contributed by atoms with Crippen molar-refractivity contribution in [3.05, 3.63) is 17.5 Å². The number of nitrogens with two attached hydrogens (primary N) is 1. The molecule has 1 unspecified atom stereocenters. The zero-order valence-corrected chi connectivity index (χ0v) is 11.4. The topological polar surface area (TPSA) is 43.8 Å². The summed E-state index contributed by atoms with van der Waals surface area (Å²) in [4.78, 5) is 0. The SMILES string of the molecule is CC(C)C(N)Cc1cn(C)nc1C(C)(C)C. The van der Waals surface area contributed by atoms with Gasteiger partial charge in [-0.2, -0.15) is 5.10 Å². The molecule has 1 heterocycles. The predicted molar refractivity (Wildman–Crippen MR) is 68.4 cm³/mol. The highest BCUT2D eigenvalue weighted by molar-refractivity contribution is 5.25. The summed E-state index contributed by atoms with van der Waals surface area (Å²) in [6.45, 7) is 10.9. The van der Waals surface area contributed by atoms with E-state index >= 15 is 0 Å². The molecular weight excluding hydrogens is 198 g/mol.